The van der Waals surface area contributed by atoms with E-state index in [9.17, 15) is 19.1 Å². The summed E-state index contributed by atoms with van der Waals surface area (Å²) in [7, 11) is 0. The minimum Gasteiger partial charge on any atom is -0.479 e. The van der Waals surface area contributed by atoms with Gasteiger partial charge < -0.3 is 20.7 Å². The van der Waals surface area contributed by atoms with Gasteiger partial charge in [0.05, 0.1) is 6.20 Å². The molecule has 2 heterocycles. The van der Waals surface area contributed by atoms with Crippen LogP contribution < -0.4 is 11.4 Å². The number of aliphatic hydroxyl groups is 1. The van der Waals surface area contributed by atoms with Crippen LogP contribution in [0.4, 0.5) is 10.2 Å². The van der Waals surface area contributed by atoms with Gasteiger partial charge in [-0.15, -0.1) is 0 Å². The number of anilines is 1. The fraction of sp³-hybridized carbons (Fsp3) is 0.300. The molecule has 4 N–H and O–H groups in total. The van der Waals surface area contributed by atoms with Crippen molar-refractivity contribution in [1.82, 2.24) is 9.55 Å². The van der Waals surface area contributed by atoms with E-state index < -0.39 is 41.7 Å². The zero-order valence-electron chi connectivity index (χ0n) is 9.49. The number of aliphatic carboxylic acids is 1. The molecule has 1 aromatic rings. The van der Waals surface area contributed by atoms with E-state index >= 15 is 0 Å². The third kappa shape index (κ3) is 2.09. The number of hydrogen-bond acceptors (Lipinski definition) is 6. The van der Waals surface area contributed by atoms with Crippen LogP contribution in [-0.4, -0.2) is 37.9 Å². The summed E-state index contributed by atoms with van der Waals surface area (Å²) in [6.07, 6.45) is -3.68. The molecule has 19 heavy (non-hydrogen) atoms. The number of aromatic nitrogens is 2. The van der Waals surface area contributed by atoms with Gasteiger partial charge in [-0.3, -0.25) is 4.57 Å². The maximum absolute atomic E-state index is 13.3. The molecule has 1 aliphatic rings. The SMILES string of the molecule is C=C1[C@H](n2cc(F)c(N)nc2=O)O[C@H](C(=O)O)[C@H]1O. The highest BCUT2D eigenvalue weighted by Gasteiger charge is 2.43. The third-order valence-electron chi connectivity index (χ3n) is 2.69. The quantitative estimate of drug-likeness (QED) is 0.580. The number of hydrogen-bond donors (Lipinski definition) is 3. The van der Waals surface area contributed by atoms with Crippen molar-refractivity contribution in [2.45, 2.75) is 18.4 Å². The average molecular weight is 271 g/mol. The Labute approximate surface area is 105 Å². The molecule has 1 fully saturated rings. The third-order valence-corrected chi connectivity index (χ3v) is 2.69. The lowest BCUT2D eigenvalue weighted by atomic mass is 10.1. The highest BCUT2D eigenvalue weighted by molar-refractivity contribution is 5.74. The van der Waals surface area contributed by atoms with E-state index in [1.54, 1.807) is 0 Å². The van der Waals surface area contributed by atoms with Crippen molar-refractivity contribution in [3.05, 3.63) is 34.7 Å². The van der Waals surface area contributed by atoms with Gasteiger partial charge >= 0.3 is 11.7 Å². The zero-order chi connectivity index (χ0) is 14.3. The Morgan fingerprint density at radius 3 is 2.79 bits per heavy atom. The average Bonchev–Trinajstić information content (AvgIpc) is 2.62. The lowest BCUT2D eigenvalue weighted by Crippen LogP contribution is -2.31. The van der Waals surface area contributed by atoms with E-state index in [0.29, 0.717) is 4.57 Å². The number of ether oxygens (including phenoxy) is 1. The molecule has 1 aliphatic heterocycles. The van der Waals surface area contributed by atoms with Crippen molar-refractivity contribution < 1.29 is 24.1 Å². The number of nitrogens with zero attached hydrogens (tertiary/aromatic N) is 2. The van der Waals surface area contributed by atoms with Crippen LogP contribution in [0.1, 0.15) is 6.23 Å². The van der Waals surface area contributed by atoms with Gasteiger partial charge in [0.15, 0.2) is 24.0 Å². The molecule has 0 spiro atoms. The Hall–Kier alpha value is -2.26. The number of carboxylic acids is 1. The van der Waals surface area contributed by atoms with Crippen LogP contribution >= 0.6 is 0 Å². The largest absolute Gasteiger partial charge is 0.479 e. The Balaban J connectivity index is 2.44. The molecule has 8 nitrogen and oxygen atoms in total. The summed E-state index contributed by atoms with van der Waals surface area (Å²) in [6, 6.07) is 0. The molecular formula is C10H10FN3O5. The van der Waals surface area contributed by atoms with Crippen molar-refractivity contribution in [2.75, 3.05) is 5.73 Å². The maximum Gasteiger partial charge on any atom is 0.352 e. The lowest BCUT2D eigenvalue weighted by molar-refractivity contribution is -0.155. The first-order valence-corrected chi connectivity index (χ1v) is 5.12. The van der Waals surface area contributed by atoms with Crippen LogP contribution in [0.25, 0.3) is 0 Å². The summed E-state index contributed by atoms with van der Waals surface area (Å²) in [5.74, 6) is -2.97. The summed E-state index contributed by atoms with van der Waals surface area (Å²) in [5, 5.41) is 18.4. The van der Waals surface area contributed by atoms with E-state index in [0.717, 1.165) is 6.20 Å². The van der Waals surface area contributed by atoms with Gasteiger partial charge in [0.25, 0.3) is 0 Å². The summed E-state index contributed by atoms with van der Waals surface area (Å²) < 4.78 is 18.9. The number of nitrogens with two attached hydrogens (primary N) is 1. The predicted molar refractivity (Wildman–Crippen MR) is 59.6 cm³/mol. The second-order valence-corrected chi connectivity index (χ2v) is 3.93. The van der Waals surface area contributed by atoms with Crippen LogP contribution in [0.3, 0.4) is 0 Å². The van der Waals surface area contributed by atoms with Crippen LogP contribution in [-0.2, 0) is 9.53 Å². The van der Waals surface area contributed by atoms with Crippen molar-refractivity contribution >= 4 is 11.8 Å². The summed E-state index contributed by atoms with van der Waals surface area (Å²) in [4.78, 5) is 25.6. The van der Waals surface area contributed by atoms with Crippen molar-refractivity contribution in [2.24, 2.45) is 0 Å². The van der Waals surface area contributed by atoms with Gasteiger partial charge in [0, 0.05) is 5.57 Å². The second kappa shape index (κ2) is 4.44. The maximum atomic E-state index is 13.3. The molecule has 0 bridgehead atoms. The Kier molecular flexibility index (Phi) is 3.08. The molecule has 2 rings (SSSR count). The van der Waals surface area contributed by atoms with E-state index in [1.807, 2.05) is 0 Å². The van der Waals surface area contributed by atoms with Crippen LogP contribution in [0.15, 0.2) is 23.1 Å². The lowest BCUT2D eigenvalue weighted by Gasteiger charge is -2.14. The first kappa shape index (κ1) is 13.2. The van der Waals surface area contributed by atoms with Crippen LogP contribution in [0.2, 0.25) is 0 Å². The van der Waals surface area contributed by atoms with Gasteiger partial charge in [-0.05, 0) is 0 Å². The van der Waals surface area contributed by atoms with Crippen molar-refractivity contribution in [3.8, 4) is 0 Å². The smallest absolute Gasteiger partial charge is 0.352 e. The standard InChI is InChI=1S/C10H10FN3O5/c1-3-5(15)6(9(16)17)19-8(3)14-2-4(11)7(12)13-10(14)18/h2,5-6,8,15H,1H2,(H,16,17)(H2,12,13,18)/t5-,6-,8+/m0/s1. The topological polar surface area (TPSA) is 128 Å². The molecule has 0 aliphatic carbocycles. The number of aliphatic hydroxyl groups excluding tert-OH is 1. The predicted octanol–water partition coefficient (Wildman–Crippen LogP) is -1.14. The molecule has 1 aromatic heterocycles. The van der Waals surface area contributed by atoms with Gasteiger partial charge in [-0.25, -0.2) is 14.0 Å². The highest BCUT2D eigenvalue weighted by atomic mass is 19.1. The molecule has 0 unspecified atom stereocenters. The molecule has 3 atom stereocenters. The summed E-state index contributed by atoms with van der Waals surface area (Å²) in [5.41, 5.74) is 4.10. The molecule has 102 valence electrons. The number of rotatable bonds is 2. The number of nitrogen functional groups attached to an aromatic ring is 1. The van der Waals surface area contributed by atoms with Gasteiger partial charge in [0.2, 0.25) is 0 Å². The monoisotopic (exact) mass is 271 g/mol. The normalized spacial score (nSPS) is 26.6. The number of carbonyl (C=O) groups is 1. The molecule has 0 radical (unpaired) electrons. The fourth-order valence-corrected chi connectivity index (χ4v) is 1.70. The Bertz CT molecular complexity index is 614. The van der Waals surface area contributed by atoms with Crippen molar-refractivity contribution in [3.63, 3.8) is 0 Å². The second-order valence-electron chi connectivity index (χ2n) is 3.93. The first-order valence-electron chi connectivity index (χ1n) is 5.12. The molecule has 9 heteroatoms. The van der Waals surface area contributed by atoms with Crippen LogP contribution in [0.5, 0.6) is 0 Å². The number of carboxylic acid groups (broad SMARTS) is 1. The first-order chi connectivity index (χ1) is 8.82. The van der Waals surface area contributed by atoms with Crippen LogP contribution in [0, 0.1) is 5.82 Å². The Morgan fingerprint density at radius 1 is 1.63 bits per heavy atom. The van der Waals surface area contributed by atoms with E-state index in [2.05, 4.69) is 11.6 Å². The molecule has 1 saturated heterocycles. The highest BCUT2D eigenvalue weighted by Crippen LogP contribution is 2.32. The number of halogens is 1. The fourth-order valence-electron chi connectivity index (χ4n) is 1.70. The summed E-state index contributed by atoms with van der Waals surface area (Å²) in [6.45, 7) is 3.44. The summed E-state index contributed by atoms with van der Waals surface area (Å²) >= 11 is 0. The van der Waals surface area contributed by atoms with E-state index in [4.69, 9.17) is 15.6 Å². The minimum atomic E-state index is -1.58. The zero-order valence-corrected chi connectivity index (χ0v) is 9.49. The molecule has 0 saturated carbocycles. The molecular weight excluding hydrogens is 261 g/mol. The van der Waals surface area contributed by atoms with Gasteiger partial charge in [0.1, 0.15) is 6.10 Å². The van der Waals surface area contributed by atoms with E-state index in [1.165, 1.54) is 0 Å². The minimum absolute atomic E-state index is 0.0829. The Morgan fingerprint density at radius 2 is 2.26 bits per heavy atom. The van der Waals surface area contributed by atoms with Gasteiger partial charge in [-0.2, -0.15) is 4.98 Å². The van der Waals surface area contributed by atoms with Gasteiger partial charge in [-0.1, -0.05) is 6.58 Å². The van der Waals surface area contributed by atoms with Crippen molar-refractivity contribution in [1.29, 1.82) is 0 Å². The molecule has 0 aromatic carbocycles. The molecule has 0 amide bonds. The van der Waals surface area contributed by atoms with E-state index in [-0.39, 0.29) is 5.57 Å².